The number of hydrogen-bond acceptors (Lipinski definition) is 2. The van der Waals surface area contributed by atoms with Crippen molar-refractivity contribution in [1.82, 2.24) is 0 Å². The van der Waals surface area contributed by atoms with E-state index in [0.717, 1.165) is 19.3 Å². The standard InChI is InChI=1S/C14H18F3N3O.HI/c1-2-13(7-8-13)9-19-12(18)20-10-5-3-4-6-11(10)21-14(15,16)17;/h3-6H,2,7-9H2,1H3,(H3,18,19,20);1H. The zero-order chi connectivity index (χ0) is 15.5. The van der Waals surface area contributed by atoms with Crippen molar-refractivity contribution in [1.29, 1.82) is 0 Å². The number of hydrogen-bond donors (Lipinski definition) is 2. The first-order chi connectivity index (χ1) is 9.84. The predicted molar refractivity (Wildman–Crippen MR) is 90.6 cm³/mol. The average molecular weight is 429 g/mol. The SMILES string of the molecule is CCC1(CN=C(N)Nc2ccccc2OC(F)(F)F)CC1.I. The van der Waals surface area contributed by atoms with Crippen molar-refractivity contribution in [2.45, 2.75) is 32.5 Å². The zero-order valence-electron chi connectivity index (χ0n) is 12.1. The van der Waals surface area contributed by atoms with E-state index in [9.17, 15) is 13.2 Å². The van der Waals surface area contributed by atoms with Crippen LogP contribution in [0.25, 0.3) is 0 Å². The van der Waals surface area contributed by atoms with Crippen molar-refractivity contribution in [2.75, 3.05) is 11.9 Å². The highest BCUT2D eigenvalue weighted by Gasteiger charge is 2.40. The van der Waals surface area contributed by atoms with Gasteiger partial charge in [-0.25, -0.2) is 0 Å². The second-order valence-electron chi connectivity index (χ2n) is 5.22. The maximum absolute atomic E-state index is 12.3. The van der Waals surface area contributed by atoms with Crippen LogP contribution in [0.15, 0.2) is 29.3 Å². The number of aliphatic imine (C=N–C) groups is 1. The lowest BCUT2D eigenvalue weighted by Crippen LogP contribution is -2.25. The van der Waals surface area contributed by atoms with Crippen LogP contribution >= 0.6 is 24.0 Å². The first-order valence-electron chi connectivity index (χ1n) is 6.75. The van der Waals surface area contributed by atoms with Crippen molar-refractivity contribution in [3.8, 4) is 5.75 Å². The number of nitrogens with zero attached hydrogens (tertiary/aromatic N) is 1. The van der Waals surface area contributed by atoms with Crippen LogP contribution in [0.3, 0.4) is 0 Å². The summed E-state index contributed by atoms with van der Waals surface area (Å²) in [4.78, 5) is 4.21. The molecular weight excluding hydrogens is 410 g/mol. The summed E-state index contributed by atoms with van der Waals surface area (Å²) in [6, 6.07) is 5.72. The van der Waals surface area contributed by atoms with Gasteiger partial charge in [0.25, 0.3) is 0 Å². The molecule has 0 unspecified atom stereocenters. The van der Waals surface area contributed by atoms with E-state index in [1.165, 1.54) is 18.2 Å². The van der Waals surface area contributed by atoms with Gasteiger partial charge >= 0.3 is 6.36 Å². The van der Waals surface area contributed by atoms with E-state index in [0.29, 0.717) is 6.54 Å². The summed E-state index contributed by atoms with van der Waals surface area (Å²) in [5, 5.41) is 2.66. The third kappa shape index (κ3) is 5.54. The molecule has 0 aromatic heterocycles. The van der Waals surface area contributed by atoms with E-state index in [4.69, 9.17) is 5.73 Å². The van der Waals surface area contributed by atoms with Crippen molar-refractivity contribution in [3.63, 3.8) is 0 Å². The Balaban J connectivity index is 0.00000242. The smallest absolute Gasteiger partial charge is 0.404 e. The molecule has 0 heterocycles. The van der Waals surface area contributed by atoms with E-state index in [2.05, 4.69) is 22.0 Å². The van der Waals surface area contributed by atoms with Crippen LogP contribution in [0.5, 0.6) is 5.75 Å². The Labute approximate surface area is 144 Å². The topological polar surface area (TPSA) is 59.6 Å². The number of nitrogens with one attached hydrogen (secondary N) is 1. The second kappa shape index (κ2) is 7.38. The van der Waals surface area contributed by atoms with Crippen molar-refractivity contribution < 1.29 is 17.9 Å². The van der Waals surface area contributed by atoms with Crippen LogP contribution in [0.1, 0.15) is 26.2 Å². The van der Waals surface area contributed by atoms with Crippen LogP contribution in [0.2, 0.25) is 0 Å². The fourth-order valence-electron chi connectivity index (χ4n) is 2.01. The fraction of sp³-hybridized carbons (Fsp3) is 0.500. The molecule has 0 bridgehead atoms. The number of alkyl halides is 3. The summed E-state index contributed by atoms with van der Waals surface area (Å²) >= 11 is 0. The largest absolute Gasteiger partial charge is 0.573 e. The minimum Gasteiger partial charge on any atom is -0.404 e. The molecule has 0 radical (unpaired) electrons. The van der Waals surface area contributed by atoms with Gasteiger partial charge in [-0.1, -0.05) is 19.1 Å². The highest BCUT2D eigenvalue weighted by molar-refractivity contribution is 14.0. The number of halogens is 4. The van der Waals surface area contributed by atoms with Crippen LogP contribution < -0.4 is 15.8 Å². The minimum atomic E-state index is -4.75. The van der Waals surface area contributed by atoms with E-state index < -0.39 is 6.36 Å². The molecule has 124 valence electrons. The number of para-hydroxylation sites is 2. The molecule has 1 aliphatic rings. The maximum atomic E-state index is 12.3. The number of nitrogens with two attached hydrogens (primary N) is 1. The van der Waals surface area contributed by atoms with Crippen LogP contribution in [0, 0.1) is 5.41 Å². The van der Waals surface area contributed by atoms with E-state index in [1.54, 1.807) is 6.07 Å². The summed E-state index contributed by atoms with van der Waals surface area (Å²) < 4.78 is 40.9. The van der Waals surface area contributed by atoms with Crippen molar-refractivity contribution in [2.24, 2.45) is 16.1 Å². The molecule has 4 nitrogen and oxygen atoms in total. The lowest BCUT2D eigenvalue weighted by molar-refractivity contribution is -0.274. The van der Waals surface area contributed by atoms with Gasteiger partial charge in [0.2, 0.25) is 0 Å². The molecule has 8 heteroatoms. The predicted octanol–water partition coefficient (Wildman–Crippen LogP) is 4.12. The molecule has 0 spiro atoms. The van der Waals surface area contributed by atoms with Gasteiger partial charge < -0.3 is 15.8 Å². The minimum absolute atomic E-state index is 0. The average Bonchev–Trinajstić information content (AvgIpc) is 3.18. The van der Waals surface area contributed by atoms with Gasteiger partial charge in [0.1, 0.15) is 0 Å². The van der Waals surface area contributed by atoms with Gasteiger partial charge in [0.15, 0.2) is 11.7 Å². The Kier molecular flexibility index (Phi) is 6.33. The molecule has 22 heavy (non-hydrogen) atoms. The maximum Gasteiger partial charge on any atom is 0.573 e. The highest BCUT2D eigenvalue weighted by atomic mass is 127. The molecule has 0 aliphatic heterocycles. The molecule has 2 rings (SSSR count). The Morgan fingerprint density at radius 2 is 2.00 bits per heavy atom. The quantitative estimate of drug-likeness (QED) is 0.421. The molecule has 0 amide bonds. The van der Waals surface area contributed by atoms with Crippen LogP contribution in [-0.4, -0.2) is 18.9 Å². The molecule has 1 aromatic rings. The monoisotopic (exact) mass is 429 g/mol. The first-order valence-corrected chi connectivity index (χ1v) is 6.75. The molecule has 1 fully saturated rings. The number of ether oxygens (including phenoxy) is 1. The zero-order valence-corrected chi connectivity index (χ0v) is 14.4. The molecule has 1 aliphatic carbocycles. The highest BCUT2D eigenvalue weighted by Crippen LogP contribution is 2.48. The third-order valence-electron chi connectivity index (χ3n) is 3.67. The number of benzene rings is 1. The Hall–Kier alpha value is -1.19. The second-order valence-corrected chi connectivity index (χ2v) is 5.22. The van der Waals surface area contributed by atoms with E-state index in [1.807, 2.05) is 0 Å². The normalized spacial score (nSPS) is 16.6. The van der Waals surface area contributed by atoms with Gasteiger partial charge in [-0.15, -0.1) is 37.1 Å². The molecular formula is C14H19F3IN3O. The lowest BCUT2D eigenvalue weighted by Gasteiger charge is -2.14. The summed E-state index contributed by atoms with van der Waals surface area (Å²) in [5.41, 5.74) is 6.10. The summed E-state index contributed by atoms with van der Waals surface area (Å²) in [6.45, 7) is 2.68. The first kappa shape index (κ1) is 18.9. The third-order valence-corrected chi connectivity index (χ3v) is 3.67. The molecule has 1 saturated carbocycles. The van der Waals surface area contributed by atoms with E-state index in [-0.39, 0.29) is 46.8 Å². The van der Waals surface area contributed by atoms with Crippen LogP contribution in [0.4, 0.5) is 18.9 Å². The summed E-state index contributed by atoms with van der Waals surface area (Å²) in [5.74, 6) is -0.243. The molecule has 0 atom stereocenters. The number of rotatable bonds is 5. The summed E-state index contributed by atoms with van der Waals surface area (Å²) in [6.07, 6.45) is -1.48. The fourth-order valence-corrected chi connectivity index (χ4v) is 2.01. The number of anilines is 1. The van der Waals surface area contributed by atoms with Crippen molar-refractivity contribution >= 4 is 35.6 Å². The lowest BCUT2D eigenvalue weighted by atomic mass is 10.1. The van der Waals surface area contributed by atoms with Gasteiger partial charge in [0, 0.05) is 6.54 Å². The Morgan fingerprint density at radius 1 is 1.36 bits per heavy atom. The van der Waals surface area contributed by atoms with Gasteiger partial charge in [-0.2, -0.15) is 0 Å². The molecule has 0 saturated heterocycles. The number of guanidine groups is 1. The van der Waals surface area contributed by atoms with Crippen LogP contribution in [-0.2, 0) is 0 Å². The molecule has 3 N–H and O–H groups in total. The Morgan fingerprint density at radius 3 is 2.55 bits per heavy atom. The van der Waals surface area contributed by atoms with Gasteiger partial charge in [-0.05, 0) is 36.8 Å². The van der Waals surface area contributed by atoms with Gasteiger partial charge in [0.05, 0.1) is 5.69 Å². The summed E-state index contributed by atoms with van der Waals surface area (Å²) in [7, 11) is 0. The van der Waals surface area contributed by atoms with E-state index >= 15 is 0 Å². The Bertz CT molecular complexity index is 530. The van der Waals surface area contributed by atoms with Crippen molar-refractivity contribution in [3.05, 3.63) is 24.3 Å². The van der Waals surface area contributed by atoms with Gasteiger partial charge in [-0.3, -0.25) is 4.99 Å². The molecule has 1 aromatic carbocycles.